The summed E-state index contributed by atoms with van der Waals surface area (Å²) in [7, 11) is 2.17. The van der Waals surface area contributed by atoms with Gasteiger partial charge in [0.05, 0.1) is 12.2 Å². The van der Waals surface area contributed by atoms with E-state index in [9.17, 15) is 5.26 Å². The number of nitriles is 1. The highest BCUT2D eigenvalue weighted by molar-refractivity contribution is 5.04. The van der Waals surface area contributed by atoms with Crippen molar-refractivity contribution in [3.63, 3.8) is 0 Å². The Labute approximate surface area is 130 Å². The maximum Gasteiger partial charge on any atom is 0.104 e. The molecule has 0 spiro atoms. The smallest absolute Gasteiger partial charge is 0.104 e. The Kier molecular flexibility index (Phi) is 8.24. The molecule has 1 aliphatic rings. The van der Waals surface area contributed by atoms with Gasteiger partial charge in [0.1, 0.15) is 5.54 Å². The van der Waals surface area contributed by atoms with Crippen molar-refractivity contribution in [2.24, 2.45) is 0 Å². The summed E-state index contributed by atoms with van der Waals surface area (Å²) >= 11 is 0. The van der Waals surface area contributed by atoms with E-state index in [1.807, 2.05) is 6.92 Å². The van der Waals surface area contributed by atoms with E-state index in [0.717, 1.165) is 39.0 Å². The van der Waals surface area contributed by atoms with Gasteiger partial charge in [-0.3, -0.25) is 5.32 Å². The summed E-state index contributed by atoms with van der Waals surface area (Å²) in [4.78, 5) is 2.37. The van der Waals surface area contributed by atoms with Crippen molar-refractivity contribution in [3.05, 3.63) is 0 Å². The molecule has 1 aliphatic heterocycles. The number of ether oxygens (including phenoxy) is 1. The Morgan fingerprint density at radius 1 is 1.38 bits per heavy atom. The summed E-state index contributed by atoms with van der Waals surface area (Å²) in [5.74, 6) is 0. The van der Waals surface area contributed by atoms with E-state index in [2.05, 4.69) is 37.2 Å². The van der Waals surface area contributed by atoms with Crippen LogP contribution in [0.3, 0.4) is 0 Å². The minimum Gasteiger partial charge on any atom is -0.377 e. The fraction of sp³-hybridized carbons (Fsp3) is 0.941. The quantitative estimate of drug-likeness (QED) is 0.664. The lowest BCUT2D eigenvalue weighted by molar-refractivity contribution is -0.00164. The molecule has 21 heavy (non-hydrogen) atoms. The molecule has 0 radical (unpaired) electrons. The third kappa shape index (κ3) is 7.80. The van der Waals surface area contributed by atoms with Crippen LogP contribution in [0.1, 0.15) is 59.3 Å². The van der Waals surface area contributed by atoms with Crippen molar-refractivity contribution in [1.82, 2.24) is 10.2 Å². The molecule has 4 heteroatoms. The Bertz CT molecular complexity index is 320. The largest absolute Gasteiger partial charge is 0.377 e. The van der Waals surface area contributed by atoms with Crippen molar-refractivity contribution in [2.45, 2.75) is 77.0 Å². The molecule has 1 rings (SSSR count). The third-order valence-corrected chi connectivity index (χ3v) is 4.11. The number of hydrogen-bond acceptors (Lipinski definition) is 4. The van der Waals surface area contributed by atoms with E-state index in [1.165, 1.54) is 19.3 Å². The SMILES string of the molecule is CC(C)NC(C)(C#N)CCCCN(C)CC1CCCCO1. The van der Waals surface area contributed by atoms with Crippen LogP contribution in [-0.4, -0.2) is 49.3 Å². The second kappa shape index (κ2) is 9.40. The zero-order valence-corrected chi connectivity index (χ0v) is 14.3. The molecule has 4 nitrogen and oxygen atoms in total. The van der Waals surface area contributed by atoms with Gasteiger partial charge in [-0.05, 0) is 72.9 Å². The lowest BCUT2D eigenvalue weighted by atomic mass is 9.95. The van der Waals surface area contributed by atoms with E-state index in [1.54, 1.807) is 0 Å². The molecule has 0 aliphatic carbocycles. The second-order valence-electron chi connectivity index (χ2n) is 6.95. The number of unbranched alkanes of at least 4 members (excludes halogenated alkanes) is 1. The van der Waals surface area contributed by atoms with Crippen LogP contribution in [0.25, 0.3) is 0 Å². The van der Waals surface area contributed by atoms with Crippen LogP contribution in [0.15, 0.2) is 0 Å². The molecule has 1 fully saturated rings. The van der Waals surface area contributed by atoms with E-state index >= 15 is 0 Å². The summed E-state index contributed by atoms with van der Waals surface area (Å²) in [6.45, 7) is 9.25. The minimum absolute atomic E-state index is 0.348. The Morgan fingerprint density at radius 3 is 2.71 bits per heavy atom. The average molecular weight is 295 g/mol. The first-order valence-corrected chi connectivity index (χ1v) is 8.44. The monoisotopic (exact) mass is 295 g/mol. The standard InChI is InChI=1S/C17H33N3O/c1-15(2)19-17(3,14-18)10-6-7-11-20(4)13-16-9-5-8-12-21-16/h15-16,19H,5-13H2,1-4H3. The number of likely N-dealkylation sites (N-methyl/N-ethyl adjacent to an activating group) is 1. The molecular weight excluding hydrogens is 262 g/mol. The van der Waals surface area contributed by atoms with Crippen molar-refractivity contribution < 1.29 is 4.74 Å². The summed E-state index contributed by atoms with van der Waals surface area (Å²) in [5, 5.41) is 12.7. The molecule has 0 aromatic rings. The molecule has 0 saturated carbocycles. The maximum atomic E-state index is 9.32. The fourth-order valence-electron chi connectivity index (χ4n) is 3.05. The van der Waals surface area contributed by atoms with Gasteiger partial charge in [-0.15, -0.1) is 0 Å². The normalized spacial score (nSPS) is 22.2. The van der Waals surface area contributed by atoms with Crippen LogP contribution >= 0.6 is 0 Å². The maximum absolute atomic E-state index is 9.32. The van der Waals surface area contributed by atoms with Crippen LogP contribution in [0.2, 0.25) is 0 Å². The number of nitrogens with zero attached hydrogens (tertiary/aromatic N) is 2. The number of hydrogen-bond donors (Lipinski definition) is 1. The molecule has 0 aromatic heterocycles. The lowest BCUT2D eigenvalue weighted by Crippen LogP contribution is -2.45. The van der Waals surface area contributed by atoms with Crippen LogP contribution in [0.5, 0.6) is 0 Å². The van der Waals surface area contributed by atoms with Gasteiger partial charge in [0.25, 0.3) is 0 Å². The van der Waals surface area contributed by atoms with Gasteiger partial charge in [-0.2, -0.15) is 5.26 Å². The summed E-state index contributed by atoms with van der Waals surface area (Å²) in [6.07, 6.45) is 7.29. The van der Waals surface area contributed by atoms with E-state index in [4.69, 9.17) is 4.74 Å². The first-order valence-electron chi connectivity index (χ1n) is 8.44. The highest BCUT2D eigenvalue weighted by Gasteiger charge is 2.23. The summed E-state index contributed by atoms with van der Waals surface area (Å²) < 4.78 is 5.78. The molecule has 1 N–H and O–H groups in total. The average Bonchev–Trinajstić information content (AvgIpc) is 2.44. The molecule has 1 saturated heterocycles. The van der Waals surface area contributed by atoms with Crippen LogP contribution in [-0.2, 0) is 4.74 Å². The van der Waals surface area contributed by atoms with Crippen LogP contribution in [0.4, 0.5) is 0 Å². The highest BCUT2D eigenvalue weighted by Crippen LogP contribution is 2.16. The zero-order chi connectivity index (χ0) is 15.7. The first-order chi connectivity index (χ1) is 9.95. The highest BCUT2D eigenvalue weighted by atomic mass is 16.5. The van der Waals surface area contributed by atoms with Gasteiger partial charge in [0.15, 0.2) is 0 Å². The summed E-state index contributed by atoms with van der Waals surface area (Å²) in [5.41, 5.74) is -0.390. The van der Waals surface area contributed by atoms with Crippen molar-refractivity contribution >= 4 is 0 Å². The third-order valence-electron chi connectivity index (χ3n) is 4.11. The Hall–Kier alpha value is -0.630. The molecule has 0 aromatic carbocycles. The minimum atomic E-state index is -0.390. The van der Waals surface area contributed by atoms with Crippen molar-refractivity contribution in [2.75, 3.05) is 26.7 Å². The predicted molar refractivity (Wildman–Crippen MR) is 87.2 cm³/mol. The molecule has 2 unspecified atom stereocenters. The molecule has 0 amide bonds. The number of rotatable bonds is 9. The van der Waals surface area contributed by atoms with Gasteiger partial charge in [-0.1, -0.05) is 0 Å². The van der Waals surface area contributed by atoms with E-state index in [0.29, 0.717) is 12.1 Å². The predicted octanol–water partition coefficient (Wildman–Crippen LogP) is 2.94. The van der Waals surface area contributed by atoms with Crippen molar-refractivity contribution in [3.8, 4) is 6.07 Å². The van der Waals surface area contributed by atoms with Gasteiger partial charge in [0.2, 0.25) is 0 Å². The number of nitrogens with one attached hydrogen (secondary N) is 1. The molecule has 0 bridgehead atoms. The lowest BCUT2D eigenvalue weighted by Gasteiger charge is -2.28. The van der Waals surface area contributed by atoms with Gasteiger partial charge in [0, 0.05) is 19.2 Å². The molecular formula is C17H33N3O. The molecule has 1 heterocycles. The van der Waals surface area contributed by atoms with Gasteiger partial charge < -0.3 is 9.64 Å². The Balaban J connectivity index is 2.16. The van der Waals surface area contributed by atoms with E-state index in [-0.39, 0.29) is 5.54 Å². The van der Waals surface area contributed by atoms with Gasteiger partial charge in [-0.25, -0.2) is 0 Å². The van der Waals surface area contributed by atoms with Crippen LogP contribution < -0.4 is 5.32 Å². The first kappa shape index (κ1) is 18.4. The zero-order valence-electron chi connectivity index (χ0n) is 14.3. The van der Waals surface area contributed by atoms with Gasteiger partial charge >= 0.3 is 0 Å². The molecule has 122 valence electrons. The summed E-state index contributed by atoms with van der Waals surface area (Å²) in [6, 6.07) is 2.77. The topological polar surface area (TPSA) is 48.3 Å². The Morgan fingerprint density at radius 2 is 2.14 bits per heavy atom. The van der Waals surface area contributed by atoms with E-state index < -0.39 is 0 Å². The fourth-order valence-corrected chi connectivity index (χ4v) is 3.05. The van der Waals surface area contributed by atoms with Crippen molar-refractivity contribution in [1.29, 1.82) is 5.26 Å². The molecule has 2 atom stereocenters. The van der Waals surface area contributed by atoms with Crippen LogP contribution in [0, 0.1) is 11.3 Å². The second-order valence-corrected chi connectivity index (χ2v) is 6.95.